The maximum absolute atomic E-state index is 13.5. The van der Waals surface area contributed by atoms with E-state index in [0.29, 0.717) is 36.5 Å². The molecular weight excluding hydrogens is 414 g/mol. The maximum Gasteiger partial charge on any atom is 0.273 e. The molecule has 0 saturated carbocycles. The van der Waals surface area contributed by atoms with E-state index in [1.54, 1.807) is 18.2 Å². The highest BCUT2D eigenvalue weighted by atomic mass is 16.5. The molecular formula is C27H37N3O3. The van der Waals surface area contributed by atoms with E-state index in [9.17, 15) is 9.90 Å². The molecule has 0 radical (unpaired) electrons. The first-order chi connectivity index (χ1) is 16.0. The summed E-state index contributed by atoms with van der Waals surface area (Å²) in [6, 6.07) is 14.1. The molecule has 4 rings (SSSR count). The first-order valence-corrected chi connectivity index (χ1v) is 12.3. The van der Waals surface area contributed by atoms with Crippen LogP contribution in [0.1, 0.15) is 69.6 Å². The van der Waals surface area contributed by atoms with E-state index in [1.165, 1.54) is 19.3 Å². The standard InChI is InChI=1S/C27H37N3O3/c1-19-9-8-10-20(2)29(19)15-6-3-7-16-30-23-11-4-5-12-25(23)33-26(27(30)32)22-17-21(18-28)13-14-24(22)31/h4-5,11-14,17,19-20,26,31H,3,6-10,15-16,18,28H2,1-2H3. The summed E-state index contributed by atoms with van der Waals surface area (Å²) < 4.78 is 6.07. The van der Waals surface area contributed by atoms with Gasteiger partial charge in [0.25, 0.3) is 5.91 Å². The fraction of sp³-hybridized carbons (Fsp3) is 0.519. The third-order valence-electron chi connectivity index (χ3n) is 7.18. The number of hydrogen-bond donors (Lipinski definition) is 2. The highest BCUT2D eigenvalue weighted by Crippen LogP contribution is 2.41. The zero-order valence-corrected chi connectivity index (χ0v) is 19.9. The van der Waals surface area contributed by atoms with Crippen molar-refractivity contribution < 1.29 is 14.6 Å². The number of aromatic hydroxyl groups is 1. The third kappa shape index (κ3) is 5.17. The number of para-hydroxylation sites is 2. The van der Waals surface area contributed by atoms with Gasteiger partial charge in [0.15, 0.2) is 0 Å². The number of ether oxygens (including phenoxy) is 1. The summed E-state index contributed by atoms with van der Waals surface area (Å²) in [5.41, 5.74) is 7.90. The van der Waals surface area contributed by atoms with E-state index in [-0.39, 0.29) is 11.7 Å². The van der Waals surface area contributed by atoms with Gasteiger partial charge in [0.05, 0.1) is 5.69 Å². The number of likely N-dealkylation sites (tertiary alicyclic amines) is 1. The predicted molar refractivity (Wildman–Crippen MR) is 131 cm³/mol. The molecule has 1 amide bonds. The van der Waals surface area contributed by atoms with Gasteiger partial charge in [-0.15, -0.1) is 0 Å². The molecule has 3 N–H and O–H groups in total. The van der Waals surface area contributed by atoms with Crippen LogP contribution in [-0.4, -0.2) is 41.1 Å². The van der Waals surface area contributed by atoms with Crippen molar-refractivity contribution in [2.24, 2.45) is 5.73 Å². The highest BCUT2D eigenvalue weighted by molar-refractivity contribution is 6.00. The number of unbranched alkanes of at least 4 members (excludes halogenated alkanes) is 2. The van der Waals surface area contributed by atoms with Crippen molar-refractivity contribution in [1.82, 2.24) is 4.90 Å². The summed E-state index contributed by atoms with van der Waals surface area (Å²) in [4.78, 5) is 18.0. The number of amides is 1. The topological polar surface area (TPSA) is 79.0 Å². The van der Waals surface area contributed by atoms with E-state index in [1.807, 2.05) is 29.2 Å². The summed E-state index contributed by atoms with van der Waals surface area (Å²) in [6.07, 6.45) is 6.19. The number of fused-ring (bicyclic) bond motifs is 1. The fourth-order valence-electron chi connectivity index (χ4n) is 5.24. The number of phenolic OH excluding ortho intramolecular Hbond substituents is 1. The number of carbonyl (C=O) groups excluding carboxylic acids is 1. The number of phenols is 1. The van der Waals surface area contributed by atoms with Gasteiger partial charge in [0.1, 0.15) is 11.5 Å². The van der Waals surface area contributed by atoms with Gasteiger partial charge in [-0.25, -0.2) is 0 Å². The molecule has 0 bridgehead atoms. The van der Waals surface area contributed by atoms with Crippen molar-refractivity contribution in [3.05, 3.63) is 53.6 Å². The van der Waals surface area contributed by atoms with Crippen LogP contribution in [0.2, 0.25) is 0 Å². The molecule has 1 fully saturated rings. The Bertz CT molecular complexity index is 953. The first-order valence-electron chi connectivity index (χ1n) is 12.3. The van der Waals surface area contributed by atoms with Gasteiger partial charge in [-0.3, -0.25) is 9.69 Å². The Kier molecular flexibility index (Phi) is 7.56. The second kappa shape index (κ2) is 10.6. The second-order valence-corrected chi connectivity index (χ2v) is 9.48. The number of piperidine rings is 1. The highest BCUT2D eigenvalue weighted by Gasteiger charge is 2.36. The Labute approximate surface area is 197 Å². The minimum atomic E-state index is -0.874. The molecule has 2 aliphatic heterocycles. The Morgan fingerprint density at radius 1 is 1.03 bits per heavy atom. The van der Waals surface area contributed by atoms with E-state index >= 15 is 0 Å². The average Bonchev–Trinajstić information content (AvgIpc) is 2.82. The van der Waals surface area contributed by atoms with Crippen LogP contribution in [0.15, 0.2) is 42.5 Å². The number of benzene rings is 2. The summed E-state index contributed by atoms with van der Waals surface area (Å²) in [5, 5.41) is 10.5. The lowest BCUT2D eigenvalue weighted by Crippen LogP contribution is -2.44. The van der Waals surface area contributed by atoms with E-state index in [4.69, 9.17) is 10.5 Å². The van der Waals surface area contributed by atoms with Gasteiger partial charge < -0.3 is 20.5 Å². The summed E-state index contributed by atoms with van der Waals surface area (Å²) in [6.45, 7) is 6.78. The Hall–Kier alpha value is -2.57. The van der Waals surface area contributed by atoms with Crippen LogP contribution in [0.4, 0.5) is 5.69 Å². The molecule has 2 aliphatic rings. The van der Waals surface area contributed by atoms with Gasteiger partial charge >= 0.3 is 0 Å². The molecule has 2 aromatic carbocycles. The zero-order chi connectivity index (χ0) is 23.4. The monoisotopic (exact) mass is 451 g/mol. The molecule has 0 aromatic heterocycles. The molecule has 6 heteroatoms. The normalized spacial score (nSPS) is 23.3. The maximum atomic E-state index is 13.5. The van der Waals surface area contributed by atoms with Crippen molar-refractivity contribution in [3.8, 4) is 11.5 Å². The lowest BCUT2D eigenvalue weighted by atomic mass is 9.97. The lowest BCUT2D eigenvalue weighted by molar-refractivity contribution is -0.126. The molecule has 3 atom stereocenters. The van der Waals surface area contributed by atoms with Crippen LogP contribution in [0, 0.1) is 0 Å². The predicted octanol–water partition coefficient (Wildman–Crippen LogP) is 4.75. The van der Waals surface area contributed by atoms with E-state index in [2.05, 4.69) is 18.7 Å². The molecule has 6 nitrogen and oxygen atoms in total. The Morgan fingerprint density at radius 3 is 2.52 bits per heavy atom. The van der Waals surface area contributed by atoms with Gasteiger partial charge in [-0.1, -0.05) is 31.0 Å². The second-order valence-electron chi connectivity index (χ2n) is 9.48. The average molecular weight is 452 g/mol. The smallest absolute Gasteiger partial charge is 0.273 e. The van der Waals surface area contributed by atoms with Gasteiger partial charge in [0, 0.05) is 30.7 Å². The summed E-state index contributed by atoms with van der Waals surface area (Å²) in [5.74, 6) is 0.571. The minimum Gasteiger partial charge on any atom is -0.508 e. The molecule has 3 unspecified atom stereocenters. The largest absolute Gasteiger partial charge is 0.508 e. The number of hydrogen-bond acceptors (Lipinski definition) is 5. The van der Waals surface area contributed by atoms with Crippen LogP contribution in [0.3, 0.4) is 0 Å². The van der Waals surface area contributed by atoms with Crippen molar-refractivity contribution in [3.63, 3.8) is 0 Å². The Morgan fingerprint density at radius 2 is 1.76 bits per heavy atom. The quantitative estimate of drug-likeness (QED) is 0.566. The SMILES string of the molecule is CC1CCCC(C)N1CCCCCN1C(=O)C(c2cc(CN)ccc2O)Oc2ccccc21. The number of carbonyl (C=O) groups is 1. The number of anilines is 1. The van der Waals surface area contributed by atoms with Crippen LogP contribution < -0.4 is 15.4 Å². The number of nitrogens with zero attached hydrogens (tertiary/aromatic N) is 2. The molecule has 2 aromatic rings. The van der Waals surface area contributed by atoms with Crippen molar-refractivity contribution in [2.75, 3.05) is 18.0 Å². The molecule has 2 heterocycles. The van der Waals surface area contributed by atoms with Gasteiger partial charge in [0.2, 0.25) is 6.10 Å². The van der Waals surface area contributed by atoms with E-state index in [0.717, 1.165) is 37.1 Å². The number of rotatable bonds is 8. The van der Waals surface area contributed by atoms with Gasteiger partial charge in [-0.05, 0) is 75.9 Å². The summed E-state index contributed by atoms with van der Waals surface area (Å²) in [7, 11) is 0. The molecule has 0 spiro atoms. The van der Waals surface area contributed by atoms with Crippen molar-refractivity contribution >= 4 is 11.6 Å². The van der Waals surface area contributed by atoms with Gasteiger partial charge in [-0.2, -0.15) is 0 Å². The van der Waals surface area contributed by atoms with Crippen LogP contribution in [0.25, 0.3) is 0 Å². The molecule has 1 saturated heterocycles. The molecule has 0 aliphatic carbocycles. The Balaban J connectivity index is 1.43. The molecule has 178 valence electrons. The van der Waals surface area contributed by atoms with Crippen LogP contribution >= 0.6 is 0 Å². The van der Waals surface area contributed by atoms with Crippen molar-refractivity contribution in [1.29, 1.82) is 0 Å². The van der Waals surface area contributed by atoms with E-state index < -0.39 is 6.10 Å². The zero-order valence-electron chi connectivity index (χ0n) is 19.9. The lowest BCUT2D eigenvalue weighted by Gasteiger charge is -2.39. The first kappa shape index (κ1) is 23.6. The molecule has 33 heavy (non-hydrogen) atoms. The van der Waals surface area contributed by atoms with Crippen molar-refractivity contribution in [2.45, 2.75) is 77.1 Å². The minimum absolute atomic E-state index is 0.0506. The number of nitrogens with two attached hydrogens (primary N) is 1. The van der Waals surface area contributed by atoms with Crippen LogP contribution in [-0.2, 0) is 11.3 Å². The summed E-state index contributed by atoms with van der Waals surface area (Å²) >= 11 is 0. The fourth-order valence-corrected chi connectivity index (χ4v) is 5.24. The third-order valence-corrected chi connectivity index (χ3v) is 7.18. The van der Waals surface area contributed by atoms with Crippen LogP contribution in [0.5, 0.6) is 11.5 Å².